The molecule has 1 saturated heterocycles. The minimum Gasteiger partial charge on any atom is -0.335 e. The molecule has 2 fully saturated rings. The highest BCUT2D eigenvalue weighted by Crippen LogP contribution is 2.55. The Morgan fingerprint density at radius 2 is 2.26 bits per heavy atom. The van der Waals surface area contributed by atoms with Crippen LogP contribution in [0.2, 0.25) is 0 Å². The highest BCUT2D eigenvalue weighted by molar-refractivity contribution is 5.90. The topological polar surface area (TPSA) is 79.2 Å². The van der Waals surface area contributed by atoms with Gasteiger partial charge in [0, 0.05) is 19.0 Å². The number of benzene rings is 1. The number of halogens is 1. The zero-order valence-electron chi connectivity index (χ0n) is 12.4. The SMILES string of the molecule is O=C(c1noc(=O)[nH]1)N1C[C@@H](c2cccc(F)c2)C2(CCC2)C1. The Hall–Kier alpha value is -2.44. The third kappa shape index (κ3) is 2.27. The summed E-state index contributed by atoms with van der Waals surface area (Å²) in [6, 6.07) is 6.60. The molecule has 2 aliphatic rings. The first-order valence-corrected chi connectivity index (χ1v) is 7.68. The van der Waals surface area contributed by atoms with E-state index < -0.39 is 5.76 Å². The Morgan fingerprint density at radius 3 is 2.87 bits per heavy atom. The standard InChI is InChI=1S/C16H16FN3O3/c17-11-4-1-3-10(7-11)12-8-20(9-16(12)5-2-6-16)14(21)13-18-15(22)23-19-13/h1,3-4,7,12H,2,5-6,8-9H2,(H,18,19,22)/t12-/m0/s1. The van der Waals surface area contributed by atoms with Crippen molar-refractivity contribution in [2.75, 3.05) is 13.1 Å². The first-order chi connectivity index (χ1) is 11.1. The van der Waals surface area contributed by atoms with Gasteiger partial charge in [-0.05, 0) is 41.1 Å². The van der Waals surface area contributed by atoms with Crippen molar-refractivity contribution in [1.29, 1.82) is 0 Å². The second-order valence-electron chi connectivity index (χ2n) is 6.45. The highest BCUT2D eigenvalue weighted by Gasteiger charge is 2.52. The molecule has 1 aliphatic heterocycles. The van der Waals surface area contributed by atoms with Crippen LogP contribution in [0.3, 0.4) is 0 Å². The van der Waals surface area contributed by atoms with Crippen LogP contribution >= 0.6 is 0 Å². The number of likely N-dealkylation sites (tertiary alicyclic amines) is 1. The van der Waals surface area contributed by atoms with Gasteiger partial charge in [-0.3, -0.25) is 14.3 Å². The molecule has 23 heavy (non-hydrogen) atoms. The lowest BCUT2D eigenvalue weighted by atomic mass is 9.61. The van der Waals surface area contributed by atoms with E-state index >= 15 is 0 Å². The lowest BCUT2D eigenvalue weighted by Crippen LogP contribution is -2.38. The zero-order valence-corrected chi connectivity index (χ0v) is 12.4. The van der Waals surface area contributed by atoms with Crippen LogP contribution in [0.1, 0.15) is 41.4 Å². The number of H-pyrrole nitrogens is 1. The van der Waals surface area contributed by atoms with Crippen LogP contribution in [0.25, 0.3) is 0 Å². The largest absolute Gasteiger partial charge is 0.439 e. The Balaban J connectivity index is 1.63. The van der Waals surface area contributed by atoms with E-state index in [-0.39, 0.29) is 28.9 Å². The van der Waals surface area contributed by atoms with Gasteiger partial charge in [0.05, 0.1) is 0 Å². The lowest BCUT2D eigenvalue weighted by Gasteiger charge is -2.42. The van der Waals surface area contributed by atoms with E-state index in [1.165, 1.54) is 6.07 Å². The van der Waals surface area contributed by atoms with Crippen molar-refractivity contribution in [2.24, 2.45) is 5.41 Å². The molecule has 1 N–H and O–H groups in total. The quantitative estimate of drug-likeness (QED) is 0.917. The second kappa shape index (κ2) is 5.04. The molecule has 1 saturated carbocycles. The van der Waals surface area contributed by atoms with Gasteiger partial charge in [-0.2, -0.15) is 0 Å². The van der Waals surface area contributed by atoms with Crippen LogP contribution in [0.4, 0.5) is 4.39 Å². The van der Waals surface area contributed by atoms with Gasteiger partial charge in [-0.1, -0.05) is 18.6 Å². The van der Waals surface area contributed by atoms with Crippen LogP contribution in [0.5, 0.6) is 0 Å². The van der Waals surface area contributed by atoms with Crippen LogP contribution in [-0.2, 0) is 0 Å². The Labute approximate surface area is 131 Å². The van der Waals surface area contributed by atoms with Crippen molar-refractivity contribution >= 4 is 5.91 Å². The molecule has 4 rings (SSSR count). The maximum absolute atomic E-state index is 13.6. The van der Waals surface area contributed by atoms with Crippen LogP contribution in [0, 0.1) is 11.2 Å². The van der Waals surface area contributed by atoms with Gasteiger partial charge in [0.2, 0.25) is 5.82 Å². The number of aromatic nitrogens is 2. The normalized spacial score (nSPS) is 22.3. The third-order valence-electron chi connectivity index (χ3n) is 5.18. The van der Waals surface area contributed by atoms with Crippen molar-refractivity contribution in [3.63, 3.8) is 0 Å². The van der Waals surface area contributed by atoms with Gasteiger partial charge >= 0.3 is 5.76 Å². The fourth-order valence-corrected chi connectivity index (χ4v) is 3.92. The number of nitrogens with one attached hydrogen (secondary N) is 1. The summed E-state index contributed by atoms with van der Waals surface area (Å²) in [5.74, 6) is -1.32. The number of rotatable bonds is 2. The van der Waals surface area contributed by atoms with Crippen molar-refractivity contribution < 1.29 is 13.7 Å². The summed E-state index contributed by atoms with van der Waals surface area (Å²) in [5, 5.41) is 3.47. The van der Waals surface area contributed by atoms with Gasteiger partial charge in [-0.25, -0.2) is 9.18 Å². The Bertz CT molecular complexity index is 809. The minimum absolute atomic E-state index is 0.00742. The molecule has 1 amide bonds. The van der Waals surface area contributed by atoms with Gasteiger partial charge in [0.15, 0.2) is 0 Å². The number of hydrogen-bond acceptors (Lipinski definition) is 4. The fourth-order valence-electron chi connectivity index (χ4n) is 3.92. The number of hydrogen-bond donors (Lipinski definition) is 1. The minimum atomic E-state index is -0.743. The molecule has 7 heteroatoms. The third-order valence-corrected chi connectivity index (χ3v) is 5.18. The molecule has 6 nitrogen and oxygen atoms in total. The average Bonchev–Trinajstić information content (AvgIpc) is 3.10. The first-order valence-electron chi connectivity index (χ1n) is 7.68. The van der Waals surface area contributed by atoms with E-state index in [0.29, 0.717) is 13.1 Å². The van der Waals surface area contributed by atoms with Gasteiger partial charge in [0.1, 0.15) is 5.82 Å². The molecular formula is C16H16FN3O3. The van der Waals surface area contributed by atoms with E-state index in [4.69, 9.17) is 0 Å². The lowest BCUT2D eigenvalue weighted by molar-refractivity contribution is 0.0711. The molecule has 2 aromatic rings. The van der Waals surface area contributed by atoms with Crippen molar-refractivity contribution in [1.82, 2.24) is 15.0 Å². The van der Waals surface area contributed by atoms with Gasteiger partial charge in [-0.15, -0.1) is 0 Å². The molecule has 1 aromatic heterocycles. The van der Waals surface area contributed by atoms with Crippen molar-refractivity contribution in [2.45, 2.75) is 25.2 Å². The zero-order chi connectivity index (χ0) is 16.0. The molecule has 120 valence electrons. The highest BCUT2D eigenvalue weighted by atomic mass is 19.1. The number of amides is 1. The number of carbonyl (C=O) groups excluding carboxylic acids is 1. The summed E-state index contributed by atoms with van der Waals surface area (Å²) in [6.07, 6.45) is 3.16. The van der Waals surface area contributed by atoms with Crippen molar-refractivity contribution in [3.8, 4) is 0 Å². The Kier molecular flexibility index (Phi) is 3.11. The molecule has 1 aliphatic carbocycles. The predicted molar refractivity (Wildman–Crippen MR) is 78.5 cm³/mol. The molecule has 0 unspecified atom stereocenters. The molecular weight excluding hydrogens is 301 g/mol. The Morgan fingerprint density at radius 1 is 1.43 bits per heavy atom. The maximum Gasteiger partial charge on any atom is 0.439 e. The number of aromatic amines is 1. The van der Waals surface area contributed by atoms with E-state index in [9.17, 15) is 14.0 Å². The summed E-state index contributed by atoms with van der Waals surface area (Å²) < 4.78 is 18.0. The molecule has 0 bridgehead atoms. The molecule has 1 aromatic carbocycles. The van der Waals surface area contributed by atoms with E-state index in [0.717, 1.165) is 24.8 Å². The second-order valence-corrected chi connectivity index (χ2v) is 6.45. The van der Waals surface area contributed by atoms with Gasteiger partial charge < -0.3 is 4.90 Å². The van der Waals surface area contributed by atoms with Gasteiger partial charge in [0.25, 0.3) is 5.91 Å². The molecule has 0 radical (unpaired) electrons. The van der Waals surface area contributed by atoms with Crippen LogP contribution < -0.4 is 5.76 Å². The smallest absolute Gasteiger partial charge is 0.335 e. The fraction of sp³-hybridized carbons (Fsp3) is 0.438. The summed E-state index contributed by atoms with van der Waals surface area (Å²) in [7, 11) is 0. The molecule has 1 atom stereocenters. The van der Waals surface area contributed by atoms with E-state index in [1.807, 2.05) is 6.07 Å². The molecule has 2 heterocycles. The summed E-state index contributed by atoms with van der Waals surface area (Å²) in [5.41, 5.74) is 0.932. The average molecular weight is 317 g/mol. The molecule has 1 spiro atoms. The number of carbonyl (C=O) groups is 1. The van der Waals surface area contributed by atoms with Crippen LogP contribution in [-0.4, -0.2) is 34.0 Å². The predicted octanol–water partition coefficient (Wildman–Crippen LogP) is 1.91. The van der Waals surface area contributed by atoms with E-state index in [1.54, 1.807) is 17.0 Å². The summed E-state index contributed by atoms with van der Waals surface area (Å²) >= 11 is 0. The van der Waals surface area contributed by atoms with E-state index in [2.05, 4.69) is 14.7 Å². The monoisotopic (exact) mass is 317 g/mol. The maximum atomic E-state index is 13.6. The van der Waals surface area contributed by atoms with Crippen LogP contribution in [0.15, 0.2) is 33.6 Å². The summed E-state index contributed by atoms with van der Waals surface area (Å²) in [4.78, 5) is 27.5. The summed E-state index contributed by atoms with van der Waals surface area (Å²) in [6.45, 7) is 1.10. The van der Waals surface area contributed by atoms with Crippen molar-refractivity contribution in [3.05, 3.63) is 52.0 Å². The first kappa shape index (κ1) is 14.2. The number of nitrogens with zero attached hydrogens (tertiary/aromatic N) is 2.